The minimum absolute atomic E-state index is 0.437. The number of hydrogen-bond acceptors (Lipinski definition) is 3. The van der Waals surface area contributed by atoms with Gasteiger partial charge in [-0.2, -0.15) is 5.11 Å². The fraction of sp³-hybridized carbons (Fsp3) is 0.727. The first-order valence-electron chi connectivity index (χ1n) is 5.69. The maximum Gasteiger partial charge on any atom is 0.290 e. The molecule has 1 aliphatic heterocycles. The maximum absolute atomic E-state index is 11.1. The average molecular weight is 243 g/mol. The van der Waals surface area contributed by atoms with E-state index in [0.717, 1.165) is 0 Å². The predicted molar refractivity (Wildman–Crippen MR) is 60.1 cm³/mol. The molecule has 0 radical (unpaired) electrons. The van der Waals surface area contributed by atoms with Gasteiger partial charge in [-0.1, -0.05) is 19.3 Å². The first-order valence-corrected chi connectivity index (χ1v) is 6.12. The van der Waals surface area contributed by atoms with E-state index in [1.54, 1.807) is 0 Å². The Morgan fingerprint density at radius 2 is 2.12 bits per heavy atom. The summed E-state index contributed by atoms with van der Waals surface area (Å²) in [4.78, 5) is 11.1. The largest absolute Gasteiger partial charge is 0.494 e. The number of nitrogens with zero attached hydrogens (tertiary/aromatic N) is 2. The summed E-state index contributed by atoms with van der Waals surface area (Å²) in [5, 5.41) is 6.12. The molecule has 88 valence electrons. The third-order valence-electron chi connectivity index (χ3n) is 3.02. The van der Waals surface area contributed by atoms with Crippen LogP contribution >= 0.6 is 11.6 Å². The molecule has 1 amide bonds. The second kappa shape index (κ2) is 5.43. The molecule has 5 heteroatoms. The topological polar surface area (TPSA) is 51.0 Å². The third kappa shape index (κ3) is 2.82. The highest BCUT2D eigenvalue weighted by molar-refractivity contribution is 6.32. The number of azo groups is 1. The van der Waals surface area contributed by atoms with Gasteiger partial charge in [0.05, 0.1) is 12.8 Å². The van der Waals surface area contributed by atoms with Crippen LogP contribution in [0.3, 0.4) is 0 Å². The van der Waals surface area contributed by atoms with Crippen LogP contribution in [0.25, 0.3) is 0 Å². The molecule has 0 aromatic rings. The van der Waals surface area contributed by atoms with E-state index in [-0.39, 0.29) is 0 Å². The SMILES string of the molecule is O=C1N=NC=C(OCC2CCCCC2)C1Cl. The van der Waals surface area contributed by atoms with Crippen molar-refractivity contribution >= 4 is 17.5 Å². The molecule has 1 atom stereocenters. The van der Waals surface area contributed by atoms with Crippen LogP contribution in [0.15, 0.2) is 22.2 Å². The fourth-order valence-corrected chi connectivity index (χ4v) is 2.22. The van der Waals surface area contributed by atoms with Crippen LogP contribution in [0.5, 0.6) is 0 Å². The molecule has 0 spiro atoms. The number of hydrogen-bond donors (Lipinski definition) is 0. The van der Waals surface area contributed by atoms with Crippen LogP contribution < -0.4 is 0 Å². The van der Waals surface area contributed by atoms with E-state index in [2.05, 4.69) is 10.2 Å². The van der Waals surface area contributed by atoms with Crippen LogP contribution in [-0.4, -0.2) is 17.9 Å². The molecule has 2 rings (SSSR count). The van der Waals surface area contributed by atoms with Crippen LogP contribution in [0.4, 0.5) is 0 Å². The quantitative estimate of drug-likeness (QED) is 0.715. The van der Waals surface area contributed by atoms with Gasteiger partial charge in [0.15, 0.2) is 5.38 Å². The monoisotopic (exact) mass is 242 g/mol. The standard InChI is InChI=1S/C11H15ClN2O2/c12-10-9(6-13-14-11(10)15)16-7-8-4-2-1-3-5-8/h6,8,10H,1-5,7H2. The summed E-state index contributed by atoms with van der Waals surface area (Å²) in [6.07, 6.45) is 7.71. The molecule has 1 heterocycles. The number of rotatable bonds is 3. The molecular formula is C11H15ClN2O2. The average Bonchev–Trinajstić information content (AvgIpc) is 2.32. The Morgan fingerprint density at radius 1 is 1.38 bits per heavy atom. The van der Waals surface area contributed by atoms with Gasteiger partial charge in [-0.05, 0) is 18.8 Å². The highest BCUT2D eigenvalue weighted by Gasteiger charge is 2.25. The molecule has 0 saturated heterocycles. The van der Waals surface area contributed by atoms with Gasteiger partial charge in [-0.3, -0.25) is 4.79 Å². The number of carbonyl (C=O) groups excluding carboxylic acids is 1. The number of alkyl halides is 1. The smallest absolute Gasteiger partial charge is 0.290 e. The number of ether oxygens (including phenoxy) is 1. The summed E-state index contributed by atoms with van der Waals surface area (Å²) < 4.78 is 5.56. The lowest BCUT2D eigenvalue weighted by Gasteiger charge is -2.23. The van der Waals surface area contributed by atoms with E-state index in [0.29, 0.717) is 18.3 Å². The Balaban J connectivity index is 1.82. The molecular weight excluding hydrogens is 228 g/mol. The van der Waals surface area contributed by atoms with Gasteiger partial charge >= 0.3 is 0 Å². The predicted octanol–water partition coefficient (Wildman–Crippen LogP) is 3.02. The first kappa shape index (κ1) is 11.6. The molecule has 0 aromatic carbocycles. The van der Waals surface area contributed by atoms with E-state index in [9.17, 15) is 4.79 Å². The lowest BCUT2D eigenvalue weighted by Crippen LogP contribution is -2.21. The van der Waals surface area contributed by atoms with E-state index >= 15 is 0 Å². The molecule has 2 aliphatic rings. The van der Waals surface area contributed by atoms with Crippen molar-refractivity contribution in [3.63, 3.8) is 0 Å². The minimum atomic E-state index is -0.791. The normalized spacial score (nSPS) is 26.7. The van der Waals surface area contributed by atoms with Crippen LogP contribution in [-0.2, 0) is 9.53 Å². The van der Waals surface area contributed by atoms with Gasteiger partial charge in [0, 0.05) is 0 Å². The molecule has 0 aromatic heterocycles. The Hall–Kier alpha value is -0.900. The van der Waals surface area contributed by atoms with Crippen molar-refractivity contribution in [2.45, 2.75) is 37.5 Å². The summed E-state index contributed by atoms with van der Waals surface area (Å²) in [6, 6.07) is 0. The molecule has 1 saturated carbocycles. The Morgan fingerprint density at radius 3 is 2.88 bits per heavy atom. The van der Waals surface area contributed by atoms with E-state index < -0.39 is 11.3 Å². The van der Waals surface area contributed by atoms with Crippen LogP contribution in [0.2, 0.25) is 0 Å². The van der Waals surface area contributed by atoms with Crippen molar-refractivity contribution in [3.05, 3.63) is 12.0 Å². The van der Waals surface area contributed by atoms with Gasteiger partial charge < -0.3 is 4.74 Å². The summed E-state index contributed by atoms with van der Waals surface area (Å²) in [5.41, 5.74) is 0. The first-order chi connectivity index (χ1) is 7.77. The zero-order valence-corrected chi connectivity index (χ0v) is 9.82. The van der Waals surface area contributed by atoms with Gasteiger partial charge in [0.2, 0.25) is 0 Å². The van der Waals surface area contributed by atoms with Gasteiger partial charge in [0.1, 0.15) is 5.76 Å². The van der Waals surface area contributed by atoms with Crippen molar-refractivity contribution in [2.75, 3.05) is 6.61 Å². The van der Waals surface area contributed by atoms with E-state index in [4.69, 9.17) is 16.3 Å². The zero-order chi connectivity index (χ0) is 11.4. The van der Waals surface area contributed by atoms with Crippen molar-refractivity contribution in [1.82, 2.24) is 0 Å². The molecule has 0 N–H and O–H groups in total. The zero-order valence-electron chi connectivity index (χ0n) is 9.06. The molecule has 4 nitrogen and oxygen atoms in total. The molecule has 1 aliphatic carbocycles. The summed E-state index contributed by atoms with van der Waals surface area (Å²) in [7, 11) is 0. The minimum Gasteiger partial charge on any atom is -0.494 e. The molecule has 0 bridgehead atoms. The summed E-state index contributed by atoms with van der Waals surface area (Å²) in [6.45, 7) is 0.637. The molecule has 1 unspecified atom stereocenters. The second-order valence-corrected chi connectivity index (χ2v) is 4.70. The van der Waals surface area contributed by atoms with Crippen molar-refractivity contribution in [1.29, 1.82) is 0 Å². The molecule has 1 fully saturated rings. The second-order valence-electron chi connectivity index (χ2n) is 4.26. The number of halogens is 1. The number of amides is 1. The fourth-order valence-electron chi connectivity index (χ4n) is 2.06. The number of carbonyl (C=O) groups is 1. The van der Waals surface area contributed by atoms with Crippen molar-refractivity contribution in [3.8, 4) is 0 Å². The highest BCUT2D eigenvalue weighted by atomic mass is 35.5. The van der Waals surface area contributed by atoms with Gasteiger partial charge in [-0.15, -0.1) is 16.7 Å². The molecule has 16 heavy (non-hydrogen) atoms. The highest BCUT2D eigenvalue weighted by Crippen LogP contribution is 2.26. The maximum atomic E-state index is 11.1. The van der Waals surface area contributed by atoms with Gasteiger partial charge in [-0.25, -0.2) is 0 Å². The van der Waals surface area contributed by atoms with Crippen LogP contribution in [0.1, 0.15) is 32.1 Å². The van der Waals surface area contributed by atoms with E-state index in [1.807, 2.05) is 0 Å². The van der Waals surface area contributed by atoms with Crippen molar-refractivity contribution < 1.29 is 9.53 Å². The Kier molecular flexibility index (Phi) is 3.93. The lowest BCUT2D eigenvalue weighted by atomic mass is 9.90. The van der Waals surface area contributed by atoms with E-state index in [1.165, 1.54) is 38.3 Å². The Bertz CT molecular complexity index is 322. The third-order valence-corrected chi connectivity index (χ3v) is 3.42. The summed E-state index contributed by atoms with van der Waals surface area (Å²) in [5.74, 6) is 0.586. The van der Waals surface area contributed by atoms with Crippen LogP contribution in [0, 0.1) is 5.92 Å². The van der Waals surface area contributed by atoms with Gasteiger partial charge in [0.25, 0.3) is 5.91 Å². The Labute approximate surface area is 99.7 Å². The summed E-state index contributed by atoms with van der Waals surface area (Å²) >= 11 is 5.85. The van der Waals surface area contributed by atoms with Crippen molar-refractivity contribution in [2.24, 2.45) is 16.1 Å². The lowest BCUT2D eigenvalue weighted by molar-refractivity contribution is -0.118.